The summed E-state index contributed by atoms with van der Waals surface area (Å²) in [5.74, 6) is 1.10. The van der Waals surface area contributed by atoms with E-state index in [9.17, 15) is 9.90 Å². The Hall–Kier alpha value is -3.00. The van der Waals surface area contributed by atoms with Gasteiger partial charge in [0.2, 0.25) is 11.6 Å². The molecule has 2 rings (SSSR count). The molecule has 0 fully saturated rings. The largest absolute Gasteiger partial charge is 0.493 e. The minimum absolute atomic E-state index is 0.0522. The van der Waals surface area contributed by atoms with Crippen molar-refractivity contribution in [2.24, 2.45) is 0 Å². The molecule has 0 bridgehead atoms. The van der Waals surface area contributed by atoms with Crippen LogP contribution in [0.2, 0.25) is 0 Å². The van der Waals surface area contributed by atoms with Gasteiger partial charge >= 0.3 is 0 Å². The number of pyridine rings is 1. The van der Waals surface area contributed by atoms with E-state index in [1.807, 2.05) is 27.7 Å². The number of aromatic nitrogens is 1. The van der Waals surface area contributed by atoms with Gasteiger partial charge in [-0.15, -0.1) is 0 Å². The van der Waals surface area contributed by atoms with Crippen molar-refractivity contribution in [2.75, 3.05) is 28.4 Å². The molecule has 0 aliphatic carbocycles. The molecule has 8 nitrogen and oxygen atoms in total. The first-order chi connectivity index (χ1) is 14.7. The number of methoxy groups -OCH3 is 4. The zero-order valence-corrected chi connectivity index (χ0v) is 19.4. The minimum atomic E-state index is -1.16. The molecular formula is C23H32N2O6. The average Bonchev–Trinajstić information content (AvgIpc) is 2.76. The molecule has 170 valence electrons. The van der Waals surface area contributed by atoms with Crippen LogP contribution in [0.5, 0.6) is 23.1 Å². The van der Waals surface area contributed by atoms with Gasteiger partial charge in [0.25, 0.3) is 5.91 Å². The summed E-state index contributed by atoms with van der Waals surface area (Å²) < 4.78 is 21.6. The number of benzene rings is 1. The van der Waals surface area contributed by atoms with Crippen LogP contribution in [0, 0.1) is 0 Å². The van der Waals surface area contributed by atoms with Crippen molar-refractivity contribution in [3.05, 3.63) is 41.1 Å². The molecule has 1 unspecified atom stereocenters. The maximum absolute atomic E-state index is 13.5. The van der Waals surface area contributed by atoms with Crippen molar-refractivity contribution in [2.45, 2.75) is 45.9 Å². The highest BCUT2D eigenvalue weighted by Gasteiger charge is 2.31. The number of aliphatic hydroxyl groups excluding tert-OH is 1. The van der Waals surface area contributed by atoms with E-state index in [0.29, 0.717) is 28.4 Å². The van der Waals surface area contributed by atoms with E-state index >= 15 is 0 Å². The monoisotopic (exact) mass is 432 g/mol. The second-order valence-corrected chi connectivity index (χ2v) is 7.55. The van der Waals surface area contributed by atoms with Crippen LogP contribution in [0.15, 0.2) is 24.4 Å². The van der Waals surface area contributed by atoms with Crippen molar-refractivity contribution in [1.29, 1.82) is 0 Å². The van der Waals surface area contributed by atoms with Gasteiger partial charge < -0.3 is 29.0 Å². The van der Waals surface area contributed by atoms with E-state index in [1.165, 1.54) is 34.6 Å². The molecule has 2 aromatic rings. The van der Waals surface area contributed by atoms with Crippen LogP contribution in [0.1, 0.15) is 55.3 Å². The fourth-order valence-electron chi connectivity index (χ4n) is 3.69. The van der Waals surface area contributed by atoms with E-state index in [2.05, 4.69) is 4.98 Å². The van der Waals surface area contributed by atoms with Gasteiger partial charge in [0.05, 0.1) is 28.4 Å². The van der Waals surface area contributed by atoms with Crippen molar-refractivity contribution in [3.63, 3.8) is 0 Å². The van der Waals surface area contributed by atoms with Crippen LogP contribution in [-0.2, 0) is 0 Å². The zero-order chi connectivity index (χ0) is 23.3. The zero-order valence-electron chi connectivity index (χ0n) is 19.4. The number of hydrogen-bond acceptors (Lipinski definition) is 7. The van der Waals surface area contributed by atoms with Crippen LogP contribution < -0.4 is 18.9 Å². The van der Waals surface area contributed by atoms with E-state index in [4.69, 9.17) is 18.9 Å². The van der Waals surface area contributed by atoms with Gasteiger partial charge in [0.15, 0.2) is 11.5 Å². The SMILES string of the molecule is COc1cc(C(O)c2ccnc(OC)c2C(=O)N(C(C)C)C(C)C)cc(OC)c1OC. The molecule has 1 amide bonds. The molecule has 31 heavy (non-hydrogen) atoms. The Kier molecular flexibility index (Phi) is 8.10. The van der Waals surface area contributed by atoms with E-state index in [-0.39, 0.29) is 29.4 Å². The molecule has 1 aromatic carbocycles. The van der Waals surface area contributed by atoms with Crippen LogP contribution in [0.3, 0.4) is 0 Å². The Labute approximate surface area is 183 Å². The molecule has 8 heteroatoms. The summed E-state index contributed by atoms with van der Waals surface area (Å²) in [5.41, 5.74) is 1.06. The maximum atomic E-state index is 13.5. The second kappa shape index (κ2) is 10.3. The van der Waals surface area contributed by atoms with Gasteiger partial charge in [-0.3, -0.25) is 4.79 Å². The molecule has 0 aliphatic rings. The second-order valence-electron chi connectivity index (χ2n) is 7.55. The Morgan fingerprint density at radius 1 is 0.935 bits per heavy atom. The molecule has 0 saturated carbocycles. The van der Waals surface area contributed by atoms with E-state index in [0.717, 1.165) is 0 Å². The lowest BCUT2D eigenvalue weighted by molar-refractivity contribution is 0.0634. The third-order valence-corrected chi connectivity index (χ3v) is 5.00. The molecular weight excluding hydrogens is 400 g/mol. The number of aliphatic hydroxyl groups is 1. The third-order valence-electron chi connectivity index (χ3n) is 5.00. The number of amides is 1. The van der Waals surface area contributed by atoms with Crippen LogP contribution >= 0.6 is 0 Å². The smallest absolute Gasteiger partial charge is 0.260 e. The van der Waals surface area contributed by atoms with Gasteiger partial charge in [-0.05, 0) is 51.5 Å². The van der Waals surface area contributed by atoms with E-state index in [1.54, 1.807) is 23.1 Å². The first-order valence-corrected chi connectivity index (χ1v) is 10.0. The lowest BCUT2D eigenvalue weighted by atomic mass is 9.96. The quantitative estimate of drug-likeness (QED) is 0.649. The predicted molar refractivity (Wildman–Crippen MR) is 117 cm³/mol. The van der Waals surface area contributed by atoms with Crippen molar-refractivity contribution in [3.8, 4) is 23.1 Å². The van der Waals surface area contributed by atoms with Gasteiger partial charge in [0, 0.05) is 23.8 Å². The van der Waals surface area contributed by atoms with Gasteiger partial charge in [-0.2, -0.15) is 0 Å². The summed E-state index contributed by atoms with van der Waals surface area (Å²) in [6, 6.07) is 4.81. The summed E-state index contributed by atoms with van der Waals surface area (Å²) in [6.45, 7) is 7.76. The van der Waals surface area contributed by atoms with Crippen LogP contribution in [0.4, 0.5) is 0 Å². The summed E-state index contributed by atoms with van der Waals surface area (Å²) in [6.07, 6.45) is 0.340. The Morgan fingerprint density at radius 3 is 1.90 bits per heavy atom. The molecule has 0 radical (unpaired) electrons. The number of carbonyl (C=O) groups is 1. The molecule has 1 aromatic heterocycles. The number of rotatable bonds is 9. The topological polar surface area (TPSA) is 90.4 Å². The Morgan fingerprint density at radius 2 is 1.48 bits per heavy atom. The molecule has 0 aliphatic heterocycles. The normalized spacial score (nSPS) is 12.0. The standard InChI is InChI=1S/C23H32N2O6/c1-13(2)25(14(3)4)23(27)19-16(9-10-24-22(19)31-8)20(26)15-11-17(28-5)21(30-7)18(12-15)29-6/h9-14,20,26H,1-8H3. The minimum Gasteiger partial charge on any atom is -0.493 e. The van der Waals surface area contributed by atoms with Gasteiger partial charge in [0.1, 0.15) is 11.7 Å². The Balaban J connectivity index is 2.68. The number of hydrogen-bond donors (Lipinski definition) is 1. The number of nitrogens with zero attached hydrogens (tertiary/aromatic N) is 2. The molecule has 1 N–H and O–H groups in total. The lowest BCUT2D eigenvalue weighted by Gasteiger charge is -2.32. The predicted octanol–water partition coefficient (Wildman–Crippen LogP) is 3.46. The number of carbonyl (C=O) groups excluding carboxylic acids is 1. The molecule has 1 heterocycles. The van der Waals surface area contributed by atoms with Gasteiger partial charge in [-0.1, -0.05) is 0 Å². The first kappa shape index (κ1) is 24.3. The van der Waals surface area contributed by atoms with Crippen molar-refractivity contribution >= 4 is 5.91 Å². The molecule has 0 spiro atoms. The summed E-state index contributed by atoms with van der Waals surface area (Å²) in [7, 11) is 5.96. The highest BCUT2D eigenvalue weighted by atomic mass is 16.5. The van der Waals surface area contributed by atoms with E-state index < -0.39 is 6.10 Å². The number of ether oxygens (including phenoxy) is 4. The Bertz CT molecular complexity index is 880. The summed E-state index contributed by atoms with van der Waals surface area (Å²) >= 11 is 0. The highest BCUT2D eigenvalue weighted by molar-refractivity contribution is 5.98. The maximum Gasteiger partial charge on any atom is 0.260 e. The first-order valence-electron chi connectivity index (χ1n) is 10.0. The lowest BCUT2D eigenvalue weighted by Crippen LogP contribution is -2.42. The average molecular weight is 433 g/mol. The van der Waals surface area contributed by atoms with Gasteiger partial charge in [-0.25, -0.2) is 4.98 Å². The fourth-order valence-corrected chi connectivity index (χ4v) is 3.69. The molecule has 0 saturated heterocycles. The fraction of sp³-hybridized carbons (Fsp3) is 0.478. The summed E-state index contributed by atoms with van der Waals surface area (Å²) in [5, 5.41) is 11.3. The summed E-state index contributed by atoms with van der Waals surface area (Å²) in [4.78, 5) is 19.5. The highest BCUT2D eigenvalue weighted by Crippen LogP contribution is 2.41. The van der Waals surface area contributed by atoms with Crippen molar-refractivity contribution in [1.82, 2.24) is 9.88 Å². The van der Waals surface area contributed by atoms with Crippen LogP contribution in [0.25, 0.3) is 0 Å². The van der Waals surface area contributed by atoms with Crippen molar-refractivity contribution < 1.29 is 28.8 Å². The molecule has 1 atom stereocenters. The van der Waals surface area contributed by atoms with Crippen LogP contribution in [-0.4, -0.2) is 61.4 Å². The third kappa shape index (κ3) is 4.85.